The van der Waals surface area contributed by atoms with Crippen LogP contribution < -0.4 is 9.47 Å². The summed E-state index contributed by atoms with van der Waals surface area (Å²) in [5.41, 5.74) is 1.96. The molecule has 0 aromatic heterocycles. The van der Waals surface area contributed by atoms with Crippen molar-refractivity contribution < 1.29 is 22.6 Å². The topological polar surface area (TPSA) is 18.5 Å². The molecule has 0 aliphatic heterocycles. The minimum absolute atomic E-state index is 0.126. The van der Waals surface area contributed by atoms with Crippen molar-refractivity contribution in [3.05, 3.63) is 71.3 Å². The Hall–Kier alpha value is -2.43. The fraction of sp³-hybridized carbons (Fsp3) is 0.300. The molecule has 2 nitrogen and oxygen atoms in total. The number of halogens is 3. The molecule has 5 heteroatoms. The van der Waals surface area contributed by atoms with Crippen molar-refractivity contribution in [2.45, 2.75) is 26.4 Å². The van der Waals surface area contributed by atoms with Crippen LogP contribution in [-0.2, 0) is 13.0 Å². The van der Waals surface area contributed by atoms with Crippen LogP contribution in [0, 0.1) is 11.6 Å². The number of aryl methyl sites for hydroxylation is 1. The maximum Gasteiger partial charge on any atom is 0.204 e. The molecule has 0 aliphatic carbocycles. The lowest BCUT2D eigenvalue weighted by atomic mass is 10.1. The van der Waals surface area contributed by atoms with Crippen LogP contribution in [0.2, 0.25) is 0 Å². The van der Waals surface area contributed by atoms with Crippen LogP contribution in [0.3, 0.4) is 0 Å². The average Bonchev–Trinajstić information content (AvgIpc) is 2.63. The average molecular weight is 350 g/mol. The molecule has 0 amide bonds. The van der Waals surface area contributed by atoms with E-state index in [1.165, 1.54) is 18.2 Å². The van der Waals surface area contributed by atoms with Gasteiger partial charge >= 0.3 is 0 Å². The Bertz CT molecular complexity index is 697. The number of allylic oxidation sites excluding steroid dienone is 2. The summed E-state index contributed by atoms with van der Waals surface area (Å²) in [4.78, 5) is 0. The third-order valence-electron chi connectivity index (χ3n) is 3.58. The number of hydrogen-bond acceptors (Lipinski definition) is 2. The van der Waals surface area contributed by atoms with E-state index < -0.39 is 18.3 Å². The molecule has 0 spiro atoms. The molecule has 0 saturated carbocycles. The van der Waals surface area contributed by atoms with Gasteiger partial charge in [-0.25, -0.2) is 4.39 Å². The smallest absolute Gasteiger partial charge is 0.204 e. The van der Waals surface area contributed by atoms with Crippen molar-refractivity contribution in [2.24, 2.45) is 0 Å². The maximum atomic E-state index is 13.9. The quantitative estimate of drug-likeness (QED) is 0.564. The summed E-state index contributed by atoms with van der Waals surface area (Å²) >= 11 is 0. The van der Waals surface area contributed by atoms with Crippen LogP contribution in [0.5, 0.6) is 11.5 Å². The molecule has 2 aromatic rings. The van der Waals surface area contributed by atoms with Gasteiger partial charge in [-0.15, -0.1) is 0 Å². The molecule has 0 radical (unpaired) electrons. The van der Waals surface area contributed by atoms with Gasteiger partial charge in [0.05, 0.1) is 6.61 Å². The molecule has 0 heterocycles. The van der Waals surface area contributed by atoms with E-state index >= 15 is 0 Å². The van der Waals surface area contributed by atoms with Gasteiger partial charge < -0.3 is 9.47 Å². The molecule has 0 atom stereocenters. The van der Waals surface area contributed by atoms with Crippen molar-refractivity contribution in [1.29, 1.82) is 0 Å². The third-order valence-corrected chi connectivity index (χ3v) is 3.58. The summed E-state index contributed by atoms with van der Waals surface area (Å²) in [5.74, 6) is -2.38. The molecule has 0 saturated heterocycles. The molecule has 0 unspecified atom stereocenters. The van der Waals surface area contributed by atoms with E-state index in [0.717, 1.165) is 24.0 Å². The molecule has 0 N–H and O–H groups in total. The predicted molar refractivity (Wildman–Crippen MR) is 91.7 cm³/mol. The second kappa shape index (κ2) is 9.77. The van der Waals surface area contributed by atoms with E-state index in [0.29, 0.717) is 0 Å². The summed E-state index contributed by atoms with van der Waals surface area (Å²) in [6.07, 6.45) is 4.89. The molecule has 0 bridgehead atoms. The van der Waals surface area contributed by atoms with Crippen LogP contribution in [0.4, 0.5) is 13.2 Å². The van der Waals surface area contributed by atoms with Crippen LogP contribution >= 0.6 is 0 Å². The number of rotatable bonds is 9. The van der Waals surface area contributed by atoms with E-state index in [1.807, 2.05) is 24.3 Å². The summed E-state index contributed by atoms with van der Waals surface area (Å²) in [5, 5.41) is 0. The maximum absolute atomic E-state index is 13.9. The lowest BCUT2D eigenvalue weighted by molar-refractivity contribution is 0.274. The Labute approximate surface area is 145 Å². The van der Waals surface area contributed by atoms with E-state index in [9.17, 15) is 13.2 Å². The highest BCUT2D eigenvalue weighted by Gasteiger charge is 2.15. The summed E-state index contributed by atoms with van der Waals surface area (Å²) in [7, 11) is 0. The van der Waals surface area contributed by atoms with Gasteiger partial charge in [-0.2, -0.15) is 8.78 Å². The fourth-order valence-corrected chi connectivity index (χ4v) is 2.29. The SMILES string of the molecule is CCOc1ccc(OCc2ccc(CC/C=C/CF)cc2)c(F)c1F. The van der Waals surface area contributed by atoms with Gasteiger partial charge in [0.2, 0.25) is 11.6 Å². The second-order valence-electron chi connectivity index (χ2n) is 5.39. The first-order valence-electron chi connectivity index (χ1n) is 8.18. The highest BCUT2D eigenvalue weighted by atomic mass is 19.2. The van der Waals surface area contributed by atoms with Crippen molar-refractivity contribution in [3.8, 4) is 11.5 Å². The van der Waals surface area contributed by atoms with E-state index in [2.05, 4.69) is 0 Å². The zero-order valence-electron chi connectivity index (χ0n) is 14.1. The van der Waals surface area contributed by atoms with Crippen LogP contribution in [0.25, 0.3) is 0 Å². The van der Waals surface area contributed by atoms with E-state index in [1.54, 1.807) is 13.0 Å². The minimum Gasteiger partial charge on any atom is -0.491 e. The van der Waals surface area contributed by atoms with Crippen molar-refractivity contribution >= 4 is 0 Å². The second-order valence-corrected chi connectivity index (χ2v) is 5.39. The highest BCUT2D eigenvalue weighted by Crippen LogP contribution is 2.28. The molecule has 2 aromatic carbocycles. The standard InChI is InChI=1S/C20H21F3O2/c1-2-24-17-11-12-18(20(23)19(17)22)25-14-16-9-7-15(8-10-16)6-4-3-5-13-21/h3,5,7-12H,2,4,6,13-14H2,1H3/b5-3+. The van der Waals surface area contributed by atoms with Crippen molar-refractivity contribution in [3.63, 3.8) is 0 Å². The third kappa shape index (κ3) is 5.55. The molecule has 0 aliphatic rings. The van der Waals surface area contributed by atoms with E-state index in [-0.39, 0.29) is 24.7 Å². The molecule has 134 valence electrons. The van der Waals surface area contributed by atoms with Crippen molar-refractivity contribution in [2.75, 3.05) is 13.3 Å². The van der Waals surface area contributed by atoms with Gasteiger partial charge in [0.1, 0.15) is 13.3 Å². The molecule has 25 heavy (non-hydrogen) atoms. The molecule has 0 fully saturated rings. The normalized spacial score (nSPS) is 11.0. The molecular formula is C20H21F3O2. The first kappa shape index (κ1) is 18.9. The van der Waals surface area contributed by atoms with Gasteiger partial charge in [-0.1, -0.05) is 36.4 Å². The largest absolute Gasteiger partial charge is 0.491 e. The first-order chi connectivity index (χ1) is 12.2. The first-order valence-corrected chi connectivity index (χ1v) is 8.18. The lowest BCUT2D eigenvalue weighted by Gasteiger charge is -2.11. The zero-order chi connectivity index (χ0) is 18.1. The Kier molecular flexibility index (Phi) is 7.38. The van der Waals surface area contributed by atoms with Gasteiger partial charge in [0.15, 0.2) is 11.5 Å². The van der Waals surface area contributed by atoms with Gasteiger partial charge in [-0.05, 0) is 43.0 Å². The molecular weight excluding hydrogens is 329 g/mol. The van der Waals surface area contributed by atoms with Gasteiger partial charge in [0, 0.05) is 0 Å². The Morgan fingerprint density at radius 3 is 2.04 bits per heavy atom. The predicted octanol–water partition coefficient (Wildman–Crippen LogP) is 5.40. The van der Waals surface area contributed by atoms with Gasteiger partial charge in [0.25, 0.3) is 0 Å². The summed E-state index contributed by atoms with van der Waals surface area (Å²) in [6, 6.07) is 10.3. The highest BCUT2D eigenvalue weighted by molar-refractivity contribution is 5.35. The number of alkyl halides is 1. The monoisotopic (exact) mass is 350 g/mol. The zero-order valence-corrected chi connectivity index (χ0v) is 14.1. The Morgan fingerprint density at radius 2 is 1.44 bits per heavy atom. The number of ether oxygens (including phenoxy) is 2. The molecule has 2 rings (SSSR count). The number of benzene rings is 2. The van der Waals surface area contributed by atoms with E-state index in [4.69, 9.17) is 9.47 Å². The van der Waals surface area contributed by atoms with Crippen LogP contribution in [0.15, 0.2) is 48.6 Å². The Balaban J connectivity index is 1.93. The summed E-state index contributed by atoms with van der Waals surface area (Å²) < 4.78 is 50.1. The van der Waals surface area contributed by atoms with Crippen LogP contribution in [-0.4, -0.2) is 13.3 Å². The minimum atomic E-state index is -1.05. The van der Waals surface area contributed by atoms with Crippen LogP contribution in [0.1, 0.15) is 24.5 Å². The van der Waals surface area contributed by atoms with Gasteiger partial charge in [-0.3, -0.25) is 0 Å². The van der Waals surface area contributed by atoms with Crippen molar-refractivity contribution in [1.82, 2.24) is 0 Å². The fourth-order valence-electron chi connectivity index (χ4n) is 2.29. The number of hydrogen-bond donors (Lipinski definition) is 0. The Morgan fingerprint density at radius 1 is 0.840 bits per heavy atom. The summed E-state index contributed by atoms with van der Waals surface area (Å²) in [6.45, 7) is 1.64. The lowest BCUT2D eigenvalue weighted by Crippen LogP contribution is -2.02.